The zero-order chi connectivity index (χ0) is 8.55. The molecular formula is C9H11ClN2. The molecule has 1 atom stereocenters. The Hall–Kier alpha value is -0.600. The van der Waals surface area contributed by atoms with Crippen molar-refractivity contribution < 1.29 is 0 Å². The summed E-state index contributed by atoms with van der Waals surface area (Å²) in [5, 5.41) is 3.93. The Balaban J connectivity index is 2.47. The van der Waals surface area contributed by atoms with Crippen LogP contribution in [0.4, 0.5) is 0 Å². The van der Waals surface area contributed by atoms with E-state index in [1.54, 1.807) is 0 Å². The van der Waals surface area contributed by atoms with Gasteiger partial charge in [0.05, 0.1) is 5.69 Å². The van der Waals surface area contributed by atoms with Crippen LogP contribution < -0.4 is 5.32 Å². The summed E-state index contributed by atoms with van der Waals surface area (Å²) in [5.74, 6) is 0. The van der Waals surface area contributed by atoms with Gasteiger partial charge >= 0.3 is 0 Å². The Kier molecular flexibility index (Phi) is 2.03. The monoisotopic (exact) mass is 182 g/mol. The summed E-state index contributed by atoms with van der Waals surface area (Å²) in [6.07, 6.45) is 1.06. The van der Waals surface area contributed by atoms with Gasteiger partial charge in [-0.3, -0.25) is 0 Å². The lowest BCUT2D eigenvalue weighted by atomic mass is 10.0. The van der Waals surface area contributed by atoms with E-state index >= 15 is 0 Å². The maximum absolute atomic E-state index is 5.80. The number of hydrogen-bond acceptors (Lipinski definition) is 2. The van der Waals surface area contributed by atoms with E-state index in [9.17, 15) is 0 Å². The number of nitrogens with one attached hydrogen (secondary N) is 1. The molecule has 0 aromatic carbocycles. The molecule has 0 fully saturated rings. The van der Waals surface area contributed by atoms with Gasteiger partial charge in [0.2, 0.25) is 0 Å². The summed E-state index contributed by atoms with van der Waals surface area (Å²) in [5.41, 5.74) is 2.43. The highest BCUT2D eigenvalue weighted by molar-refractivity contribution is 6.29. The lowest BCUT2D eigenvalue weighted by molar-refractivity contribution is 0.526. The van der Waals surface area contributed by atoms with Crippen molar-refractivity contribution in [1.29, 1.82) is 0 Å². The Morgan fingerprint density at radius 3 is 3.25 bits per heavy atom. The van der Waals surface area contributed by atoms with Gasteiger partial charge in [0.15, 0.2) is 0 Å². The van der Waals surface area contributed by atoms with Gasteiger partial charge in [0.25, 0.3) is 0 Å². The highest BCUT2D eigenvalue weighted by Crippen LogP contribution is 2.21. The summed E-state index contributed by atoms with van der Waals surface area (Å²) in [6, 6.07) is 4.27. The molecular weight excluding hydrogens is 172 g/mol. The molecule has 0 aliphatic carbocycles. The van der Waals surface area contributed by atoms with Gasteiger partial charge in [-0.05, 0) is 31.5 Å². The molecule has 1 N–H and O–H groups in total. The molecule has 1 unspecified atom stereocenters. The SMILES string of the molecule is CC1NCCc2ccc(Cl)nc21. The molecule has 0 radical (unpaired) electrons. The van der Waals surface area contributed by atoms with Gasteiger partial charge in [-0.15, -0.1) is 0 Å². The fourth-order valence-electron chi connectivity index (χ4n) is 1.59. The smallest absolute Gasteiger partial charge is 0.129 e. The number of aromatic nitrogens is 1. The highest BCUT2D eigenvalue weighted by Gasteiger charge is 2.16. The first-order valence-corrected chi connectivity index (χ1v) is 4.54. The zero-order valence-electron chi connectivity index (χ0n) is 6.97. The molecule has 0 amide bonds. The molecule has 1 aromatic heterocycles. The van der Waals surface area contributed by atoms with Crippen LogP contribution >= 0.6 is 11.6 Å². The van der Waals surface area contributed by atoms with Crippen molar-refractivity contribution in [3.8, 4) is 0 Å². The number of fused-ring (bicyclic) bond motifs is 1. The Bertz CT molecular complexity index is 299. The molecule has 0 saturated carbocycles. The fraction of sp³-hybridized carbons (Fsp3) is 0.444. The predicted molar refractivity (Wildman–Crippen MR) is 49.4 cm³/mol. The lowest BCUT2D eigenvalue weighted by Gasteiger charge is -2.22. The highest BCUT2D eigenvalue weighted by atomic mass is 35.5. The minimum Gasteiger partial charge on any atom is -0.309 e. The maximum Gasteiger partial charge on any atom is 0.129 e. The molecule has 1 aliphatic heterocycles. The van der Waals surface area contributed by atoms with Gasteiger partial charge < -0.3 is 5.32 Å². The largest absolute Gasteiger partial charge is 0.309 e. The summed E-state index contributed by atoms with van der Waals surface area (Å²) < 4.78 is 0. The molecule has 0 spiro atoms. The third kappa shape index (κ3) is 1.32. The molecule has 2 rings (SSSR count). The molecule has 0 bridgehead atoms. The second kappa shape index (κ2) is 3.04. The summed E-state index contributed by atoms with van der Waals surface area (Å²) in [6.45, 7) is 3.15. The van der Waals surface area contributed by atoms with Crippen molar-refractivity contribution in [2.24, 2.45) is 0 Å². The molecule has 1 aromatic rings. The molecule has 0 saturated heterocycles. The number of rotatable bonds is 0. The van der Waals surface area contributed by atoms with Gasteiger partial charge in [-0.25, -0.2) is 4.98 Å². The number of hydrogen-bond donors (Lipinski definition) is 1. The predicted octanol–water partition coefficient (Wildman–Crippen LogP) is 1.94. The van der Waals surface area contributed by atoms with Crippen molar-refractivity contribution in [2.45, 2.75) is 19.4 Å². The van der Waals surface area contributed by atoms with Gasteiger partial charge in [0.1, 0.15) is 5.15 Å². The van der Waals surface area contributed by atoms with E-state index in [4.69, 9.17) is 11.6 Å². The summed E-state index contributed by atoms with van der Waals surface area (Å²) in [7, 11) is 0. The van der Waals surface area contributed by atoms with E-state index in [-0.39, 0.29) is 0 Å². The quantitative estimate of drug-likeness (QED) is 0.621. The van der Waals surface area contributed by atoms with Crippen LogP contribution in [-0.2, 0) is 6.42 Å². The first-order valence-electron chi connectivity index (χ1n) is 4.16. The summed E-state index contributed by atoms with van der Waals surface area (Å²) >= 11 is 5.80. The van der Waals surface area contributed by atoms with Crippen LogP contribution in [0.2, 0.25) is 5.15 Å². The van der Waals surface area contributed by atoms with Crippen molar-refractivity contribution in [3.05, 3.63) is 28.5 Å². The van der Waals surface area contributed by atoms with E-state index in [0.29, 0.717) is 11.2 Å². The minimum atomic E-state index is 0.340. The number of pyridine rings is 1. The third-order valence-electron chi connectivity index (χ3n) is 2.23. The normalized spacial score (nSPS) is 22.0. The fourth-order valence-corrected chi connectivity index (χ4v) is 1.74. The molecule has 12 heavy (non-hydrogen) atoms. The van der Waals surface area contributed by atoms with Gasteiger partial charge in [-0.1, -0.05) is 17.7 Å². The van der Waals surface area contributed by atoms with Crippen molar-refractivity contribution >= 4 is 11.6 Å². The first-order chi connectivity index (χ1) is 5.77. The van der Waals surface area contributed by atoms with E-state index in [1.807, 2.05) is 6.07 Å². The van der Waals surface area contributed by atoms with Crippen LogP contribution in [-0.4, -0.2) is 11.5 Å². The van der Waals surface area contributed by atoms with E-state index in [1.165, 1.54) is 5.56 Å². The molecule has 2 heterocycles. The maximum atomic E-state index is 5.80. The zero-order valence-corrected chi connectivity index (χ0v) is 7.73. The third-order valence-corrected chi connectivity index (χ3v) is 2.44. The summed E-state index contributed by atoms with van der Waals surface area (Å²) in [4.78, 5) is 4.30. The number of halogens is 1. The van der Waals surface area contributed by atoms with Crippen LogP contribution in [0.25, 0.3) is 0 Å². The average Bonchev–Trinajstić information content (AvgIpc) is 2.07. The van der Waals surface area contributed by atoms with Crippen LogP contribution in [0, 0.1) is 0 Å². The molecule has 1 aliphatic rings. The number of nitrogens with zero attached hydrogens (tertiary/aromatic N) is 1. The van der Waals surface area contributed by atoms with Crippen LogP contribution in [0.3, 0.4) is 0 Å². The molecule has 2 nitrogen and oxygen atoms in total. The van der Waals surface area contributed by atoms with Crippen molar-refractivity contribution in [1.82, 2.24) is 10.3 Å². The van der Waals surface area contributed by atoms with Gasteiger partial charge in [-0.2, -0.15) is 0 Å². The second-order valence-electron chi connectivity index (χ2n) is 3.10. The van der Waals surface area contributed by atoms with Crippen LogP contribution in [0.15, 0.2) is 12.1 Å². The van der Waals surface area contributed by atoms with E-state index in [2.05, 4.69) is 23.3 Å². The minimum absolute atomic E-state index is 0.340. The molecule has 64 valence electrons. The standard InChI is InChI=1S/C9H11ClN2/c1-6-9-7(4-5-11-6)2-3-8(10)12-9/h2-3,6,11H,4-5H2,1H3. The van der Waals surface area contributed by atoms with Crippen molar-refractivity contribution in [2.75, 3.05) is 6.54 Å². The topological polar surface area (TPSA) is 24.9 Å². The Morgan fingerprint density at radius 2 is 2.42 bits per heavy atom. The van der Waals surface area contributed by atoms with E-state index in [0.717, 1.165) is 18.7 Å². The Morgan fingerprint density at radius 1 is 1.58 bits per heavy atom. The van der Waals surface area contributed by atoms with E-state index < -0.39 is 0 Å². The van der Waals surface area contributed by atoms with Crippen LogP contribution in [0.1, 0.15) is 24.2 Å². The Labute approximate surface area is 77.0 Å². The van der Waals surface area contributed by atoms with Gasteiger partial charge in [0, 0.05) is 6.04 Å². The molecule has 3 heteroatoms. The second-order valence-corrected chi connectivity index (χ2v) is 3.49. The van der Waals surface area contributed by atoms with Crippen molar-refractivity contribution in [3.63, 3.8) is 0 Å². The average molecular weight is 183 g/mol. The van der Waals surface area contributed by atoms with Crippen LogP contribution in [0.5, 0.6) is 0 Å². The first kappa shape index (κ1) is 8.02. The lowest BCUT2D eigenvalue weighted by Crippen LogP contribution is -2.28.